The predicted molar refractivity (Wildman–Crippen MR) is 70.6 cm³/mol. The summed E-state index contributed by atoms with van der Waals surface area (Å²) in [5.41, 5.74) is 7.69. The third kappa shape index (κ3) is 2.33. The fraction of sp³-hybridized carbons (Fsp3) is 0.154. The molecule has 96 valence electrons. The Balaban J connectivity index is 2.00. The Kier molecular flexibility index (Phi) is 2.75. The molecule has 0 fully saturated rings. The summed E-state index contributed by atoms with van der Waals surface area (Å²) in [6.07, 6.45) is 0.353. The molecule has 0 saturated heterocycles. The Labute approximate surface area is 109 Å². The third-order valence-corrected chi connectivity index (χ3v) is 2.82. The van der Waals surface area contributed by atoms with Crippen molar-refractivity contribution in [1.82, 2.24) is 10.2 Å². The zero-order valence-electron chi connectivity index (χ0n) is 10.1. The number of ether oxygens (including phenoxy) is 1. The molecular formula is C13H12N4O2. The molecule has 0 unspecified atom stereocenters. The second-order valence-corrected chi connectivity index (χ2v) is 4.20. The van der Waals surface area contributed by atoms with Crippen LogP contribution in [0.15, 0.2) is 30.3 Å². The first kappa shape index (κ1) is 11.5. The highest BCUT2D eigenvalue weighted by Gasteiger charge is 2.14. The number of nitrogens with one attached hydrogen (secondary N) is 1. The van der Waals surface area contributed by atoms with Gasteiger partial charge >= 0.3 is 0 Å². The predicted octanol–water partition coefficient (Wildman–Crippen LogP) is 1.45. The van der Waals surface area contributed by atoms with E-state index in [2.05, 4.69) is 15.5 Å². The molecular weight excluding hydrogens is 244 g/mol. The summed E-state index contributed by atoms with van der Waals surface area (Å²) in [4.78, 5) is 11.5. The van der Waals surface area contributed by atoms with Crippen LogP contribution in [-0.2, 0) is 4.79 Å². The molecule has 0 bridgehead atoms. The number of anilines is 2. The molecule has 1 aromatic heterocycles. The molecule has 0 spiro atoms. The van der Waals surface area contributed by atoms with Gasteiger partial charge in [-0.25, -0.2) is 0 Å². The molecule has 0 aliphatic carbocycles. The molecule has 1 aliphatic rings. The lowest BCUT2D eigenvalue weighted by Gasteiger charge is -2.08. The van der Waals surface area contributed by atoms with Gasteiger partial charge < -0.3 is 15.8 Å². The van der Waals surface area contributed by atoms with Gasteiger partial charge in [0, 0.05) is 5.56 Å². The topological polar surface area (TPSA) is 90.1 Å². The van der Waals surface area contributed by atoms with E-state index in [0.29, 0.717) is 36.0 Å². The van der Waals surface area contributed by atoms with Gasteiger partial charge in [-0.15, -0.1) is 10.2 Å². The second-order valence-electron chi connectivity index (χ2n) is 4.20. The largest absolute Gasteiger partial charge is 0.491 e. The quantitative estimate of drug-likeness (QED) is 0.805. The molecule has 3 N–H and O–H groups in total. The van der Waals surface area contributed by atoms with Gasteiger partial charge in [0.1, 0.15) is 11.6 Å². The number of nitrogens with zero attached hydrogens (tertiary/aromatic N) is 2. The van der Waals surface area contributed by atoms with Gasteiger partial charge in [-0.05, 0) is 30.3 Å². The Bertz CT molecular complexity index is 625. The van der Waals surface area contributed by atoms with Gasteiger partial charge in [-0.3, -0.25) is 4.79 Å². The van der Waals surface area contributed by atoms with Crippen LogP contribution >= 0.6 is 0 Å². The molecule has 1 amide bonds. The lowest BCUT2D eigenvalue weighted by molar-refractivity contribution is -0.116. The van der Waals surface area contributed by atoms with Gasteiger partial charge in [0.05, 0.1) is 24.4 Å². The molecule has 6 heteroatoms. The summed E-state index contributed by atoms with van der Waals surface area (Å²) in [5.74, 6) is 0.979. The van der Waals surface area contributed by atoms with Crippen LogP contribution in [0, 0.1) is 0 Å². The van der Waals surface area contributed by atoms with Crippen LogP contribution in [0.1, 0.15) is 6.42 Å². The minimum absolute atomic E-state index is 0.0562. The van der Waals surface area contributed by atoms with Crippen molar-refractivity contribution in [3.63, 3.8) is 0 Å². The van der Waals surface area contributed by atoms with Gasteiger partial charge in [-0.2, -0.15) is 0 Å². The fourth-order valence-corrected chi connectivity index (χ4v) is 1.88. The number of aromatic nitrogens is 2. The fourth-order valence-electron chi connectivity index (χ4n) is 1.88. The molecule has 1 aromatic carbocycles. The van der Waals surface area contributed by atoms with E-state index in [0.717, 1.165) is 5.56 Å². The van der Waals surface area contributed by atoms with Gasteiger partial charge in [0.15, 0.2) is 0 Å². The van der Waals surface area contributed by atoms with Gasteiger partial charge in [-0.1, -0.05) is 0 Å². The summed E-state index contributed by atoms with van der Waals surface area (Å²) in [6, 6.07) is 8.97. The van der Waals surface area contributed by atoms with Crippen molar-refractivity contribution in [1.29, 1.82) is 0 Å². The van der Waals surface area contributed by atoms with E-state index < -0.39 is 0 Å². The summed E-state index contributed by atoms with van der Waals surface area (Å²) in [6.45, 7) is 0.389. The first-order valence-corrected chi connectivity index (χ1v) is 5.89. The SMILES string of the molecule is Nc1ccc(-c2ccc3c(c2)NC(=O)CCO3)nn1. The van der Waals surface area contributed by atoms with E-state index >= 15 is 0 Å². The maximum Gasteiger partial charge on any atom is 0.227 e. The minimum Gasteiger partial charge on any atom is -0.491 e. The summed E-state index contributed by atoms with van der Waals surface area (Å²) >= 11 is 0. The standard InChI is InChI=1S/C13H12N4O2/c14-12-4-2-9(16-17-12)8-1-3-11-10(7-8)15-13(18)5-6-19-11/h1-4,7H,5-6H2,(H2,14,17)(H,15,18). The van der Waals surface area contributed by atoms with Crippen molar-refractivity contribution in [2.75, 3.05) is 17.7 Å². The number of benzene rings is 1. The number of hydrogen-bond acceptors (Lipinski definition) is 5. The summed E-state index contributed by atoms with van der Waals surface area (Å²) in [7, 11) is 0. The first-order chi connectivity index (χ1) is 9.22. The third-order valence-electron chi connectivity index (χ3n) is 2.82. The summed E-state index contributed by atoms with van der Waals surface area (Å²) in [5, 5.41) is 10.6. The Hall–Kier alpha value is -2.63. The van der Waals surface area contributed by atoms with Crippen LogP contribution < -0.4 is 15.8 Å². The molecule has 6 nitrogen and oxygen atoms in total. The lowest BCUT2D eigenvalue weighted by atomic mass is 10.1. The number of nitrogens with two attached hydrogens (primary N) is 1. The highest BCUT2D eigenvalue weighted by molar-refractivity contribution is 5.93. The number of fused-ring (bicyclic) bond motifs is 1. The molecule has 0 saturated carbocycles. The van der Waals surface area contributed by atoms with Crippen LogP contribution in [0.2, 0.25) is 0 Å². The van der Waals surface area contributed by atoms with Crippen LogP contribution in [0.3, 0.4) is 0 Å². The number of carbonyl (C=O) groups excluding carboxylic acids is 1. The molecule has 0 radical (unpaired) electrons. The monoisotopic (exact) mass is 256 g/mol. The Morgan fingerprint density at radius 2 is 2.11 bits per heavy atom. The van der Waals surface area contributed by atoms with E-state index in [-0.39, 0.29) is 5.91 Å². The van der Waals surface area contributed by atoms with Crippen LogP contribution in [-0.4, -0.2) is 22.7 Å². The van der Waals surface area contributed by atoms with Gasteiger partial charge in [0.25, 0.3) is 0 Å². The number of carbonyl (C=O) groups is 1. The van der Waals surface area contributed by atoms with Crippen LogP contribution in [0.4, 0.5) is 11.5 Å². The maximum absolute atomic E-state index is 11.5. The zero-order chi connectivity index (χ0) is 13.2. The number of rotatable bonds is 1. The Morgan fingerprint density at radius 1 is 1.21 bits per heavy atom. The van der Waals surface area contributed by atoms with Crippen molar-refractivity contribution in [3.05, 3.63) is 30.3 Å². The molecule has 19 heavy (non-hydrogen) atoms. The van der Waals surface area contributed by atoms with E-state index in [9.17, 15) is 4.79 Å². The van der Waals surface area contributed by atoms with E-state index in [4.69, 9.17) is 10.5 Å². The molecule has 3 rings (SSSR count). The number of hydrogen-bond donors (Lipinski definition) is 2. The zero-order valence-corrected chi connectivity index (χ0v) is 10.1. The normalized spacial score (nSPS) is 14.0. The van der Waals surface area contributed by atoms with Crippen molar-refractivity contribution in [3.8, 4) is 17.0 Å². The maximum atomic E-state index is 11.5. The Morgan fingerprint density at radius 3 is 2.89 bits per heavy atom. The van der Waals surface area contributed by atoms with Crippen molar-refractivity contribution in [2.24, 2.45) is 0 Å². The van der Waals surface area contributed by atoms with E-state index in [1.807, 2.05) is 18.2 Å². The molecule has 2 heterocycles. The number of nitrogen functional groups attached to an aromatic ring is 1. The van der Waals surface area contributed by atoms with Gasteiger partial charge in [0.2, 0.25) is 5.91 Å². The first-order valence-electron chi connectivity index (χ1n) is 5.89. The summed E-state index contributed by atoms with van der Waals surface area (Å²) < 4.78 is 5.49. The van der Waals surface area contributed by atoms with Crippen LogP contribution in [0.5, 0.6) is 5.75 Å². The van der Waals surface area contributed by atoms with Crippen molar-refractivity contribution < 1.29 is 9.53 Å². The molecule has 2 aromatic rings. The highest BCUT2D eigenvalue weighted by atomic mass is 16.5. The average Bonchev–Trinajstić information content (AvgIpc) is 2.59. The highest BCUT2D eigenvalue weighted by Crippen LogP contribution is 2.31. The molecule has 1 aliphatic heterocycles. The van der Waals surface area contributed by atoms with Crippen molar-refractivity contribution in [2.45, 2.75) is 6.42 Å². The lowest BCUT2D eigenvalue weighted by Crippen LogP contribution is -2.10. The van der Waals surface area contributed by atoms with E-state index in [1.165, 1.54) is 0 Å². The van der Waals surface area contributed by atoms with E-state index in [1.54, 1.807) is 12.1 Å². The average molecular weight is 256 g/mol. The molecule has 0 atom stereocenters. The van der Waals surface area contributed by atoms with Crippen molar-refractivity contribution >= 4 is 17.4 Å². The van der Waals surface area contributed by atoms with Crippen LogP contribution in [0.25, 0.3) is 11.3 Å². The second kappa shape index (κ2) is 4.56. The number of amides is 1. The smallest absolute Gasteiger partial charge is 0.227 e. The minimum atomic E-state index is -0.0562.